The van der Waals surface area contributed by atoms with Gasteiger partial charge in [-0.1, -0.05) is 20.1 Å². The molecular formula is C13H20O5. The molecule has 0 saturated heterocycles. The number of esters is 2. The summed E-state index contributed by atoms with van der Waals surface area (Å²) >= 11 is 0. The number of ether oxygens (including phenoxy) is 2. The Balaban J connectivity index is 5.02. The highest BCUT2D eigenvalue weighted by Gasteiger charge is 2.37. The van der Waals surface area contributed by atoms with Crippen molar-refractivity contribution in [3.8, 4) is 0 Å². The maximum atomic E-state index is 11.5. The number of aliphatic hydroxyl groups excluding tert-OH is 1. The molecular weight excluding hydrogens is 236 g/mol. The van der Waals surface area contributed by atoms with Gasteiger partial charge in [0.05, 0.1) is 0 Å². The second-order valence-electron chi connectivity index (χ2n) is 4.16. The summed E-state index contributed by atoms with van der Waals surface area (Å²) in [6.45, 7) is 11.0. The van der Waals surface area contributed by atoms with Gasteiger partial charge in [0.2, 0.25) is 0 Å². The number of carbonyl (C=O) groups is 2. The molecule has 5 heteroatoms. The molecule has 0 bridgehead atoms. The molecule has 0 spiro atoms. The predicted octanol–water partition coefficient (Wildman–Crippen LogP) is 1.71. The van der Waals surface area contributed by atoms with Crippen LogP contribution in [0.2, 0.25) is 0 Å². The van der Waals surface area contributed by atoms with Crippen LogP contribution in [0.4, 0.5) is 0 Å². The molecule has 102 valence electrons. The van der Waals surface area contributed by atoms with Gasteiger partial charge in [0.25, 0.3) is 5.79 Å². The van der Waals surface area contributed by atoms with E-state index in [-0.39, 0.29) is 17.6 Å². The smallest absolute Gasteiger partial charge is 0.336 e. The second-order valence-corrected chi connectivity index (χ2v) is 4.16. The van der Waals surface area contributed by atoms with Gasteiger partial charge in [0, 0.05) is 17.6 Å². The van der Waals surface area contributed by atoms with Crippen molar-refractivity contribution in [1.82, 2.24) is 0 Å². The lowest BCUT2D eigenvalue weighted by Crippen LogP contribution is -2.43. The van der Waals surface area contributed by atoms with Gasteiger partial charge in [0.15, 0.2) is 0 Å². The molecule has 0 fully saturated rings. The highest BCUT2D eigenvalue weighted by atomic mass is 16.7. The number of hydrogen-bond acceptors (Lipinski definition) is 5. The molecule has 0 unspecified atom stereocenters. The first-order chi connectivity index (χ1) is 8.28. The SMILES string of the molecule is C=C(C)C(=O)OC(CO)(CCC)OC(=O)C(=C)C. The quantitative estimate of drug-likeness (QED) is 0.426. The van der Waals surface area contributed by atoms with E-state index in [4.69, 9.17) is 9.47 Å². The molecule has 0 aliphatic heterocycles. The van der Waals surface area contributed by atoms with Crippen LogP contribution in [-0.4, -0.2) is 29.4 Å². The lowest BCUT2D eigenvalue weighted by atomic mass is 10.1. The third-order valence-electron chi connectivity index (χ3n) is 2.13. The van der Waals surface area contributed by atoms with Gasteiger partial charge >= 0.3 is 11.9 Å². The zero-order chi connectivity index (χ0) is 14.3. The molecule has 0 rings (SSSR count). The van der Waals surface area contributed by atoms with Crippen LogP contribution in [0.15, 0.2) is 24.3 Å². The standard InChI is InChI=1S/C13H20O5/c1-6-7-13(8-14,17-11(15)9(2)3)18-12(16)10(4)5/h14H,2,4,6-8H2,1,3,5H3. The summed E-state index contributed by atoms with van der Waals surface area (Å²) in [5.41, 5.74) is 0.325. The number of aliphatic hydroxyl groups is 1. The van der Waals surface area contributed by atoms with Crippen molar-refractivity contribution in [2.45, 2.75) is 39.4 Å². The fraction of sp³-hybridized carbons (Fsp3) is 0.538. The molecule has 18 heavy (non-hydrogen) atoms. The van der Waals surface area contributed by atoms with Crippen molar-refractivity contribution in [3.05, 3.63) is 24.3 Å². The third-order valence-corrected chi connectivity index (χ3v) is 2.13. The molecule has 0 radical (unpaired) electrons. The first-order valence-electron chi connectivity index (χ1n) is 5.66. The molecule has 0 aliphatic rings. The van der Waals surface area contributed by atoms with E-state index in [0.29, 0.717) is 6.42 Å². The van der Waals surface area contributed by atoms with Gasteiger partial charge in [-0.2, -0.15) is 0 Å². The molecule has 0 aromatic heterocycles. The molecule has 0 heterocycles. The zero-order valence-electron chi connectivity index (χ0n) is 11.1. The van der Waals surface area contributed by atoms with E-state index in [1.165, 1.54) is 13.8 Å². The first kappa shape index (κ1) is 16.4. The Morgan fingerprint density at radius 2 is 1.50 bits per heavy atom. The maximum absolute atomic E-state index is 11.5. The monoisotopic (exact) mass is 256 g/mol. The summed E-state index contributed by atoms with van der Waals surface area (Å²) in [7, 11) is 0. The van der Waals surface area contributed by atoms with E-state index < -0.39 is 24.3 Å². The Morgan fingerprint density at radius 3 is 1.72 bits per heavy atom. The number of hydrogen-bond donors (Lipinski definition) is 1. The molecule has 0 aliphatic carbocycles. The summed E-state index contributed by atoms with van der Waals surface area (Å²) in [4.78, 5) is 23.0. The Hall–Kier alpha value is -1.62. The van der Waals surface area contributed by atoms with Gasteiger partial charge in [0.1, 0.15) is 6.61 Å². The largest absolute Gasteiger partial charge is 0.417 e. The van der Waals surface area contributed by atoms with E-state index in [1.807, 2.05) is 6.92 Å². The number of rotatable bonds is 7. The minimum Gasteiger partial charge on any atom is -0.417 e. The van der Waals surface area contributed by atoms with Gasteiger partial charge in [-0.15, -0.1) is 0 Å². The molecule has 1 N–H and O–H groups in total. The van der Waals surface area contributed by atoms with Crippen LogP contribution in [-0.2, 0) is 19.1 Å². The Bertz CT molecular complexity index is 328. The normalized spacial score (nSPS) is 10.7. The van der Waals surface area contributed by atoms with E-state index in [1.54, 1.807) is 0 Å². The fourth-order valence-corrected chi connectivity index (χ4v) is 1.16. The summed E-state index contributed by atoms with van der Waals surface area (Å²) < 4.78 is 10.1. The van der Waals surface area contributed by atoms with Crippen LogP contribution in [0.25, 0.3) is 0 Å². The molecule has 5 nitrogen and oxygen atoms in total. The predicted molar refractivity (Wildman–Crippen MR) is 66.5 cm³/mol. The Morgan fingerprint density at radius 1 is 1.11 bits per heavy atom. The lowest BCUT2D eigenvalue weighted by molar-refractivity contribution is -0.238. The average Bonchev–Trinajstić information content (AvgIpc) is 2.28. The minimum absolute atomic E-state index is 0.162. The highest BCUT2D eigenvalue weighted by molar-refractivity contribution is 5.89. The van der Waals surface area contributed by atoms with Crippen molar-refractivity contribution >= 4 is 11.9 Å². The van der Waals surface area contributed by atoms with Gasteiger partial charge < -0.3 is 14.6 Å². The van der Waals surface area contributed by atoms with Gasteiger partial charge in [-0.05, 0) is 20.3 Å². The van der Waals surface area contributed by atoms with Crippen LogP contribution in [0.3, 0.4) is 0 Å². The van der Waals surface area contributed by atoms with Crippen LogP contribution in [0.5, 0.6) is 0 Å². The molecule has 0 atom stereocenters. The van der Waals surface area contributed by atoms with Gasteiger partial charge in [-0.25, -0.2) is 9.59 Å². The van der Waals surface area contributed by atoms with Crippen molar-refractivity contribution < 1.29 is 24.2 Å². The third kappa shape index (κ3) is 4.71. The Labute approximate surface area is 107 Å². The summed E-state index contributed by atoms with van der Waals surface area (Å²) in [5.74, 6) is -3.10. The van der Waals surface area contributed by atoms with Gasteiger partial charge in [-0.3, -0.25) is 0 Å². The van der Waals surface area contributed by atoms with Crippen LogP contribution in [0, 0.1) is 0 Å². The summed E-state index contributed by atoms with van der Waals surface area (Å²) in [5, 5.41) is 9.36. The van der Waals surface area contributed by atoms with E-state index in [9.17, 15) is 14.7 Å². The van der Waals surface area contributed by atoms with Crippen molar-refractivity contribution in [3.63, 3.8) is 0 Å². The average molecular weight is 256 g/mol. The van der Waals surface area contributed by atoms with Crippen molar-refractivity contribution in [1.29, 1.82) is 0 Å². The second kappa shape index (κ2) is 6.96. The zero-order valence-corrected chi connectivity index (χ0v) is 11.1. The minimum atomic E-state index is -1.67. The van der Waals surface area contributed by atoms with E-state index in [0.717, 1.165) is 0 Å². The van der Waals surface area contributed by atoms with Crippen LogP contribution < -0.4 is 0 Å². The molecule has 0 aromatic rings. The lowest BCUT2D eigenvalue weighted by Gasteiger charge is -2.30. The number of carbonyl (C=O) groups excluding carboxylic acids is 2. The first-order valence-corrected chi connectivity index (χ1v) is 5.66. The molecule has 0 aromatic carbocycles. The molecule has 0 amide bonds. The Kier molecular flexibility index (Phi) is 6.33. The van der Waals surface area contributed by atoms with Crippen LogP contribution in [0.1, 0.15) is 33.6 Å². The maximum Gasteiger partial charge on any atom is 0.336 e. The van der Waals surface area contributed by atoms with E-state index in [2.05, 4.69) is 13.2 Å². The summed E-state index contributed by atoms with van der Waals surface area (Å²) in [6, 6.07) is 0. The topological polar surface area (TPSA) is 72.8 Å². The van der Waals surface area contributed by atoms with Crippen LogP contribution >= 0.6 is 0 Å². The van der Waals surface area contributed by atoms with Crippen molar-refractivity contribution in [2.75, 3.05) is 6.61 Å². The highest BCUT2D eigenvalue weighted by Crippen LogP contribution is 2.22. The van der Waals surface area contributed by atoms with E-state index >= 15 is 0 Å². The molecule has 0 saturated carbocycles. The fourth-order valence-electron chi connectivity index (χ4n) is 1.16. The van der Waals surface area contributed by atoms with Crippen molar-refractivity contribution in [2.24, 2.45) is 0 Å². The summed E-state index contributed by atoms with van der Waals surface area (Å²) in [6.07, 6.45) is 0.759.